The molecule has 0 radical (unpaired) electrons. The highest BCUT2D eigenvalue weighted by Gasteiger charge is 2.12. The standard InChI is InChI=1S/C11H6N2O2/c1-2-8-5-10-7-12-4-3-9(10)6-11(8)13(14)15/h1,3-7H. The molecule has 0 fully saturated rings. The molecule has 0 spiro atoms. The van der Waals surface area contributed by atoms with Crippen molar-refractivity contribution >= 4 is 16.5 Å². The van der Waals surface area contributed by atoms with E-state index in [-0.39, 0.29) is 11.3 Å². The van der Waals surface area contributed by atoms with Gasteiger partial charge in [0.25, 0.3) is 5.69 Å². The van der Waals surface area contributed by atoms with E-state index in [9.17, 15) is 10.1 Å². The Morgan fingerprint density at radius 2 is 2.20 bits per heavy atom. The summed E-state index contributed by atoms with van der Waals surface area (Å²) in [5, 5.41) is 12.3. The van der Waals surface area contributed by atoms with E-state index in [1.54, 1.807) is 24.5 Å². The third kappa shape index (κ3) is 1.51. The van der Waals surface area contributed by atoms with E-state index in [0.29, 0.717) is 0 Å². The van der Waals surface area contributed by atoms with Crippen LogP contribution in [0.5, 0.6) is 0 Å². The zero-order valence-corrected chi connectivity index (χ0v) is 7.68. The molecule has 0 atom stereocenters. The molecular formula is C11H6N2O2. The molecular weight excluding hydrogens is 192 g/mol. The first kappa shape index (κ1) is 9.16. The summed E-state index contributed by atoms with van der Waals surface area (Å²) in [6, 6.07) is 4.77. The molecule has 0 bridgehead atoms. The van der Waals surface area contributed by atoms with Crippen molar-refractivity contribution in [2.45, 2.75) is 0 Å². The first-order chi connectivity index (χ1) is 7.22. The highest BCUT2D eigenvalue weighted by Crippen LogP contribution is 2.24. The maximum absolute atomic E-state index is 10.7. The second-order valence-electron chi connectivity index (χ2n) is 2.99. The van der Waals surface area contributed by atoms with Crippen molar-refractivity contribution in [1.82, 2.24) is 4.98 Å². The van der Waals surface area contributed by atoms with E-state index in [2.05, 4.69) is 10.9 Å². The third-order valence-corrected chi connectivity index (χ3v) is 2.11. The first-order valence-corrected chi connectivity index (χ1v) is 4.21. The number of nitro benzene ring substituents is 1. The second-order valence-corrected chi connectivity index (χ2v) is 2.99. The van der Waals surface area contributed by atoms with Gasteiger partial charge in [0.2, 0.25) is 0 Å². The van der Waals surface area contributed by atoms with E-state index in [4.69, 9.17) is 6.42 Å². The summed E-state index contributed by atoms with van der Waals surface area (Å²) in [7, 11) is 0. The highest BCUT2D eigenvalue weighted by atomic mass is 16.6. The van der Waals surface area contributed by atoms with Gasteiger partial charge in [0, 0.05) is 23.8 Å². The smallest absolute Gasteiger partial charge is 0.264 e. The lowest BCUT2D eigenvalue weighted by molar-refractivity contribution is -0.385. The average Bonchev–Trinajstić information content (AvgIpc) is 2.27. The van der Waals surface area contributed by atoms with Gasteiger partial charge in [0.15, 0.2) is 0 Å². The van der Waals surface area contributed by atoms with Gasteiger partial charge >= 0.3 is 0 Å². The van der Waals surface area contributed by atoms with Crippen LogP contribution in [-0.4, -0.2) is 9.91 Å². The molecule has 0 aliphatic rings. The van der Waals surface area contributed by atoms with Crippen LogP contribution in [0.15, 0.2) is 30.6 Å². The number of hydrogen-bond donors (Lipinski definition) is 0. The number of hydrogen-bond acceptors (Lipinski definition) is 3. The average molecular weight is 198 g/mol. The summed E-state index contributed by atoms with van der Waals surface area (Å²) in [5.74, 6) is 2.30. The van der Waals surface area contributed by atoms with Gasteiger partial charge in [-0.3, -0.25) is 15.1 Å². The Balaban J connectivity index is 2.82. The molecule has 0 saturated heterocycles. The lowest BCUT2D eigenvalue weighted by atomic mass is 10.1. The quantitative estimate of drug-likeness (QED) is 0.400. The summed E-state index contributed by atoms with van der Waals surface area (Å²) < 4.78 is 0. The van der Waals surface area contributed by atoms with Gasteiger partial charge in [-0.2, -0.15) is 0 Å². The van der Waals surface area contributed by atoms with Gasteiger partial charge in [0.05, 0.1) is 4.92 Å². The van der Waals surface area contributed by atoms with E-state index in [1.165, 1.54) is 6.07 Å². The largest absolute Gasteiger partial charge is 0.285 e. The number of benzene rings is 1. The topological polar surface area (TPSA) is 56.0 Å². The number of nitrogens with zero attached hydrogens (tertiary/aromatic N) is 2. The fourth-order valence-electron chi connectivity index (χ4n) is 1.39. The minimum atomic E-state index is -0.477. The monoisotopic (exact) mass is 198 g/mol. The Kier molecular flexibility index (Phi) is 2.07. The van der Waals surface area contributed by atoms with Crippen LogP contribution < -0.4 is 0 Å². The van der Waals surface area contributed by atoms with Crippen LogP contribution in [-0.2, 0) is 0 Å². The van der Waals surface area contributed by atoms with Crippen molar-refractivity contribution in [3.63, 3.8) is 0 Å². The molecule has 0 aliphatic heterocycles. The van der Waals surface area contributed by atoms with Crippen LogP contribution in [0.2, 0.25) is 0 Å². The number of aromatic nitrogens is 1. The van der Waals surface area contributed by atoms with Gasteiger partial charge < -0.3 is 0 Å². The minimum absolute atomic E-state index is 0.0452. The maximum Gasteiger partial charge on any atom is 0.285 e. The molecule has 15 heavy (non-hydrogen) atoms. The highest BCUT2D eigenvalue weighted by molar-refractivity contribution is 5.86. The number of fused-ring (bicyclic) bond motifs is 1. The van der Waals surface area contributed by atoms with E-state index >= 15 is 0 Å². The molecule has 0 N–H and O–H groups in total. The summed E-state index contributed by atoms with van der Waals surface area (Å²) in [4.78, 5) is 14.2. The molecule has 1 aromatic carbocycles. The molecule has 4 nitrogen and oxygen atoms in total. The number of pyridine rings is 1. The predicted octanol–water partition coefficient (Wildman–Crippen LogP) is 2.12. The Morgan fingerprint density at radius 1 is 1.40 bits per heavy atom. The first-order valence-electron chi connectivity index (χ1n) is 4.21. The number of terminal acetylenes is 1. The van der Waals surface area contributed by atoms with E-state index < -0.39 is 4.92 Å². The van der Waals surface area contributed by atoms with Crippen LogP contribution >= 0.6 is 0 Å². The van der Waals surface area contributed by atoms with Crippen molar-refractivity contribution in [2.75, 3.05) is 0 Å². The maximum atomic E-state index is 10.7. The lowest BCUT2D eigenvalue weighted by Crippen LogP contribution is -1.92. The van der Waals surface area contributed by atoms with Gasteiger partial charge in [0.1, 0.15) is 5.56 Å². The van der Waals surface area contributed by atoms with Crippen LogP contribution in [0.1, 0.15) is 5.56 Å². The SMILES string of the molecule is C#Cc1cc2cnccc2cc1[N+](=O)[O-]. The molecule has 1 aromatic heterocycles. The summed E-state index contributed by atoms with van der Waals surface area (Å²) in [6.45, 7) is 0. The van der Waals surface area contributed by atoms with Crippen LogP contribution in [0.25, 0.3) is 10.8 Å². The summed E-state index contributed by atoms with van der Waals surface area (Å²) >= 11 is 0. The van der Waals surface area contributed by atoms with Gasteiger partial charge in [-0.05, 0) is 17.5 Å². The summed E-state index contributed by atoms with van der Waals surface area (Å²) in [6.07, 6.45) is 8.41. The van der Waals surface area contributed by atoms with Gasteiger partial charge in [-0.25, -0.2) is 0 Å². The Hall–Kier alpha value is -2.41. The fourth-order valence-corrected chi connectivity index (χ4v) is 1.39. The second kappa shape index (κ2) is 3.39. The molecule has 1 heterocycles. The number of rotatable bonds is 1. The molecule has 72 valence electrons. The molecule has 0 unspecified atom stereocenters. The lowest BCUT2D eigenvalue weighted by Gasteiger charge is -1.99. The molecule has 2 aromatic rings. The normalized spacial score (nSPS) is 9.80. The summed E-state index contributed by atoms with van der Waals surface area (Å²) in [5.41, 5.74) is 0.233. The fraction of sp³-hybridized carbons (Fsp3) is 0. The van der Waals surface area contributed by atoms with Gasteiger partial charge in [-0.15, -0.1) is 6.42 Å². The zero-order chi connectivity index (χ0) is 10.8. The van der Waals surface area contributed by atoms with Crippen molar-refractivity contribution in [1.29, 1.82) is 0 Å². The van der Waals surface area contributed by atoms with E-state index in [1.807, 2.05) is 0 Å². The van der Waals surface area contributed by atoms with E-state index in [0.717, 1.165) is 10.8 Å². The minimum Gasteiger partial charge on any atom is -0.264 e. The van der Waals surface area contributed by atoms with Crippen molar-refractivity contribution in [2.24, 2.45) is 0 Å². The number of nitro groups is 1. The third-order valence-electron chi connectivity index (χ3n) is 2.11. The zero-order valence-electron chi connectivity index (χ0n) is 7.68. The molecule has 0 aliphatic carbocycles. The Bertz CT molecular complexity index is 585. The Morgan fingerprint density at radius 3 is 2.87 bits per heavy atom. The molecule has 2 rings (SSSR count). The van der Waals surface area contributed by atoms with Crippen molar-refractivity contribution in [3.8, 4) is 12.3 Å². The van der Waals surface area contributed by atoms with Crippen molar-refractivity contribution in [3.05, 3.63) is 46.3 Å². The molecule has 4 heteroatoms. The Labute approximate surface area is 85.7 Å². The molecule has 0 saturated carbocycles. The predicted molar refractivity (Wildman–Crippen MR) is 56.3 cm³/mol. The van der Waals surface area contributed by atoms with Crippen LogP contribution in [0.4, 0.5) is 5.69 Å². The van der Waals surface area contributed by atoms with Gasteiger partial charge in [-0.1, -0.05) is 5.92 Å². The van der Waals surface area contributed by atoms with Crippen LogP contribution in [0.3, 0.4) is 0 Å². The van der Waals surface area contributed by atoms with Crippen LogP contribution in [0, 0.1) is 22.5 Å². The molecule has 0 amide bonds. The van der Waals surface area contributed by atoms with Crippen molar-refractivity contribution < 1.29 is 4.92 Å².